The molecule has 2 unspecified atom stereocenters. The molecule has 2 atom stereocenters. The third-order valence-electron chi connectivity index (χ3n) is 5.17. The lowest BCUT2D eigenvalue weighted by atomic mass is 9.95. The average Bonchev–Trinajstić information content (AvgIpc) is 3.02. The van der Waals surface area contributed by atoms with Gasteiger partial charge >= 0.3 is 0 Å². The predicted molar refractivity (Wildman–Crippen MR) is 98.1 cm³/mol. The molecule has 26 heavy (non-hydrogen) atoms. The molecule has 2 amide bonds. The number of rotatable bonds is 4. The SMILES string of the molecule is CCOC1CN(C(=O)C2CCN(C(=O)c3ccccc3Cl)CC2)CC1O. The number of amides is 2. The van der Waals surface area contributed by atoms with Gasteiger partial charge in [0.05, 0.1) is 16.7 Å². The third-order valence-corrected chi connectivity index (χ3v) is 5.49. The highest BCUT2D eigenvalue weighted by Gasteiger charge is 2.38. The molecule has 1 aromatic rings. The fourth-order valence-electron chi connectivity index (χ4n) is 3.71. The molecule has 1 aromatic carbocycles. The zero-order valence-electron chi connectivity index (χ0n) is 14.9. The fraction of sp³-hybridized carbons (Fsp3) is 0.579. The normalized spacial score (nSPS) is 24.1. The number of β-amino-alcohol motifs (C(OH)–C–C–N with tert-alkyl or cyclic N) is 1. The Morgan fingerprint density at radius 3 is 2.54 bits per heavy atom. The Hall–Kier alpha value is -1.63. The van der Waals surface area contributed by atoms with Gasteiger partial charge in [-0.2, -0.15) is 0 Å². The van der Waals surface area contributed by atoms with Crippen LogP contribution < -0.4 is 0 Å². The van der Waals surface area contributed by atoms with Crippen molar-refractivity contribution in [2.24, 2.45) is 5.92 Å². The molecular formula is C19H25ClN2O4. The second kappa shape index (κ2) is 8.37. The van der Waals surface area contributed by atoms with Crippen LogP contribution in [0.2, 0.25) is 5.02 Å². The van der Waals surface area contributed by atoms with Crippen LogP contribution >= 0.6 is 11.6 Å². The number of piperidine rings is 1. The van der Waals surface area contributed by atoms with Gasteiger partial charge in [-0.25, -0.2) is 0 Å². The molecule has 0 aliphatic carbocycles. The summed E-state index contributed by atoms with van der Waals surface area (Å²) in [4.78, 5) is 28.8. The van der Waals surface area contributed by atoms with Crippen molar-refractivity contribution in [1.82, 2.24) is 9.80 Å². The maximum Gasteiger partial charge on any atom is 0.255 e. The summed E-state index contributed by atoms with van der Waals surface area (Å²) in [5.41, 5.74) is 0.501. The van der Waals surface area contributed by atoms with Crippen molar-refractivity contribution in [1.29, 1.82) is 0 Å². The Labute approximate surface area is 158 Å². The first-order chi connectivity index (χ1) is 12.5. The lowest BCUT2D eigenvalue weighted by molar-refractivity contribution is -0.136. The molecule has 3 rings (SSSR count). The molecule has 0 spiro atoms. The van der Waals surface area contributed by atoms with Crippen LogP contribution in [0.1, 0.15) is 30.1 Å². The summed E-state index contributed by atoms with van der Waals surface area (Å²) in [6, 6.07) is 7.02. The average molecular weight is 381 g/mol. The van der Waals surface area contributed by atoms with E-state index < -0.39 is 6.10 Å². The van der Waals surface area contributed by atoms with Gasteiger partial charge in [0.25, 0.3) is 5.91 Å². The van der Waals surface area contributed by atoms with E-state index in [9.17, 15) is 14.7 Å². The maximum atomic E-state index is 12.7. The van der Waals surface area contributed by atoms with Crippen LogP contribution in [0.25, 0.3) is 0 Å². The molecule has 2 aliphatic heterocycles. The Morgan fingerprint density at radius 2 is 1.88 bits per heavy atom. The van der Waals surface area contributed by atoms with E-state index in [2.05, 4.69) is 0 Å². The van der Waals surface area contributed by atoms with E-state index in [0.29, 0.717) is 56.2 Å². The van der Waals surface area contributed by atoms with E-state index >= 15 is 0 Å². The Bertz CT molecular complexity index is 661. The van der Waals surface area contributed by atoms with E-state index in [1.165, 1.54) is 0 Å². The molecule has 0 radical (unpaired) electrons. The Balaban J connectivity index is 1.55. The third kappa shape index (κ3) is 4.03. The molecule has 0 saturated carbocycles. The van der Waals surface area contributed by atoms with Gasteiger partial charge in [-0.05, 0) is 31.9 Å². The van der Waals surface area contributed by atoms with Crippen LogP contribution in [0, 0.1) is 5.92 Å². The highest BCUT2D eigenvalue weighted by atomic mass is 35.5. The van der Waals surface area contributed by atoms with Gasteiger partial charge in [-0.15, -0.1) is 0 Å². The number of aliphatic hydroxyl groups excluding tert-OH is 1. The summed E-state index contributed by atoms with van der Waals surface area (Å²) in [6.45, 7) is 4.22. The molecule has 0 bridgehead atoms. The predicted octanol–water partition coefficient (Wildman–Crippen LogP) is 1.80. The minimum atomic E-state index is -0.624. The van der Waals surface area contributed by atoms with E-state index in [1.807, 2.05) is 6.92 Å². The van der Waals surface area contributed by atoms with Crippen LogP contribution in [0.5, 0.6) is 0 Å². The molecule has 1 N–H and O–H groups in total. The van der Waals surface area contributed by atoms with Crippen molar-refractivity contribution < 1.29 is 19.4 Å². The van der Waals surface area contributed by atoms with Crippen molar-refractivity contribution in [3.63, 3.8) is 0 Å². The number of hydrogen-bond donors (Lipinski definition) is 1. The molecule has 2 aliphatic rings. The zero-order chi connectivity index (χ0) is 18.7. The number of carbonyl (C=O) groups excluding carboxylic acids is 2. The van der Waals surface area contributed by atoms with Crippen LogP contribution in [0.3, 0.4) is 0 Å². The Kier molecular flexibility index (Phi) is 6.16. The molecule has 0 aromatic heterocycles. The first-order valence-corrected chi connectivity index (χ1v) is 9.51. The molecule has 2 saturated heterocycles. The van der Waals surface area contributed by atoms with E-state index in [4.69, 9.17) is 16.3 Å². The van der Waals surface area contributed by atoms with Gasteiger partial charge in [0.1, 0.15) is 6.10 Å². The van der Waals surface area contributed by atoms with E-state index in [0.717, 1.165) is 0 Å². The van der Waals surface area contributed by atoms with Gasteiger partial charge < -0.3 is 19.6 Å². The van der Waals surface area contributed by atoms with Gasteiger partial charge in [0.2, 0.25) is 5.91 Å². The number of benzene rings is 1. The summed E-state index contributed by atoms with van der Waals surface area (Å²) in [5, 5.41) is 10.5. The summed E-state index contributed by atoms with van der Waals surface area (Å²) in [5.74, 6) is -0.150. The summed E-state index contributed by atoms with van der Waals surface area (Å²) >= 11 is 6.11. The van der Waals surface area contributed by atoms with Gasteiger partial charge in [-0.1, -0.05) is 23.7 Å². The number of halogens is 1. The van der Waals surface area contributed by atoms with Gasteiger partial charge in [0, 0.05) is 38.7 Å². The summed E-state index contributed by atoms with van der Waals surface area (Å²) in [6.07, 6.45) is 0.327. The minimum absolute atomic E-state index is 0.0519. The fourth-order valence-corrected chi connectivity index (χ4v) is 3.92. The smallest absolute Gasteiger partial charge is 0.255 e. The Morgan fingerprint density at radius 1 is 1.19 bits per heavy atom. The monoisotopic (exact) mass is 380 g/mol. The molecule has 2 fully saturated rings. The van der Waals surface area contributed by atoms with Crippen molar-refractivity contribution in [2.45, 2.75) is 32.0 Å². The van der Waals surface area contributed by atoms with Crippen molar-refractivity contribution >= 4 is 23.4 Å². The highest BCUT2D eigenvalue weighted by Crippen LogP contribution is 2.25. The number of carbonyl (C=O) groups is 2. The van der Waals surface area contributed by atoms with E-state index in [-0.39, 0.29) is 23.8 Å². The molecule has 7 heteroatoms. The number of ether oxygens (including phenoxy) is 1. The standard InChI is InChI=1S/C19H25ClN2O4/c1-2-26-17-12-22(11-16(17)23)18(24)13-7-9-21(10-8-13)19(25)14-5-3-4-6-15(14)20/h3-6,13,16-17,23H,2,7-12H2,1H3. The second-order valence-electron chi connectivity index (χ2n) is 6.85. The lowest BCUT2D eigenvalue weighted by Crippen LogP contribution is -2.44. The topological polar surface area (TPSA) is 70.1 Å². The molecule has 2 heterocycles. The molecular weight excluding hydrogens is 356 g/mol. The molecule has 6 nitrogen and oxygen atoms in total. The first-order valence-electron chi connectivity index (χ1n) is 9.13. The van der Waals surface area contributed by atoms with Crippen LogP contribution in [-0.2, 0) is 9.53 Å². The lowest BCUT2D eigenvalue weighted by Gasteiger charge is -2.33. The minimum Gasteiger partial charge on any atom is -0.388 e. The highest BCUT2D eigenvalue weighted by molar-refractivity contribution is 6.33. The van der Waals surface area contributed by atoms with E-state index in [1.54, 1.807) is 34.1 Å². The number of hydrogen-bond acceptors (Lipinski definition) is 4. The second-order valence-corrected chi connectivity index (χ2v) is 7.26. The first kappa shape index (κ1) is 19.1. The van der Waals surface area contributed by atoms with Crippen LogP contribution in [0.15, 0.2) is 24.3 Å². The quantitative estimate of drug-likeness (QED) is 0.864. The van der Waals surface area contributed by atoms with Gasteiger partial charge in [0.15, 0.2) is 0 Å². The van der Waals surface area contributed by atoms with Crippen molar-refractivity contribution in [3.05, 3.63) is 34.9 Å². The van der Waals surface area contributed by atoms with Crippen molar-refractivity contribution in [2.75, 3.05) is 32.8 Å². The van der Waals surface area contributed by atoms with Crippen LogP contribution in [0.4, 0.5) is 0 Å². The van der Waals surface area contributed by atoms with Gasteiger partial charge in [-0.3, -0.25) is 9.59 Å². The number of aliphatic hydroxyl groups is 1. The zero-order valence-corrected chi connectivity index (χ0v) is 15.7. The summed E-state index contributed by atoms with van der Waals surface area (Å²) < 4.78 is 5.48. The molecule has 142 valence electrons. The van der Waals surface area contributed by atoms with Crippen LogP contribution in [-0.4, -0.2) is 71.7 Å². The number of nitrogens with zero attached hydrogens (tertiary/aromatic N) is 2. The summed E-state index contributed by atoms with van der Waals surface area (Å²) in [7, 11) is 0. The largest absolute Gasteiger partial charge is 0.388 e. The van der Waals surface area contributed by atoms with Crippen molar-refractivity contribution in [3.8, 4) is 0 Å². The maximum absolute atomic E-state index is 12.7. The number of likely N-dealkylation sites (tertiary alicyclic amines) is 2.